The van der Waals surface area contributed by atoms with Gasteiger partial charge in [0.1, 0.15) is 5.54 Å². The van der Waals surface area contributed by atoms with Gasteiger partial charge in [-0.25, -0.2) is 22.2 Å². The topological polar surface area (TPSA) is 106 Å². The number of benzene rings is 1. The monoisotopic (exact) mass is 579 g/mol. The minimum absolute atomic E-state index is 0. The fourth-order valence-electron chi connectivity index (χ4n) is 5.09. The van der Waals surface area contributed by atoms with E-state index >= 15 is 0 Å². The van der Waals surface area contributed by atoms with Crippen molar-refractivity contribution in [1.29, 1.82) is 5.26 Å². The third-order valence-electron chi connectivity index (χ3n) is 7.77. The van der Waals surface area contributed by atoms with Crippen LogP contribution in [0.1, 0.15) is 46.4 Å². The van der Waals surface area contributed by atoms with E-state index in [1.807, 2.05) is 24.3 Å². The minimum Gasteiger partial charge on any atom is -0.369 e. The van der Waals surface area contributed by atoms with Gasteiger partial charge >= 0.3 is 0 Å². The number of aromatic nitrogens is 1. The van der Waals surface area contributed by atoms with Gasteiger partial charge in [-0.2, -0.15) is 5.26 Å². The second-order valence-corrected chi connectivity index (χ2v) is 14.2. The van der Waals surface area contributed by atoms with Gasteiger partial charge in [-0.1, -0.05) is 42.7 Å². The molecule has 2 saturated heterocycles. The second kappa shape index (κ2) is 11.0. The van der Waals surface area contributed by atoms with Crippen LogP contribution in [-0.4, -0.2) is 68.5 Å². The number of nitrogens with zero attached hydrogens (tertiary/aromatic N) is 4. The average Bonchev–Trinajstić information content (AvgIpc) is 3.51. The molecule has 4 fully saturated rings. The van der Waals surface area contributed by atoms with Crippen LogP contribution in [0.25, 0.3) is 10.4 Å². The predicted molar refractivity (Wildman–Crippen MR) is 150 cm³/mol. The van der Waals surface area contributed by atoms with E-state index in [0.29, 0.717) is 18.2 Å². The van der Waals surface area contributed by atoms with E-state index in [1.54, 1.807) is 11.1 Å². The molecule has 12 heteroatoms. The summed E-state index contributed by atoms with van der Waals surface area (Å²) >= 11 is 1.40. The molecule has 2 saturated carbocycles. The third-order valence-corrected chi connectivity index (χ3v) is 10.5. The SMILES string of the molecule is N#CC1(NC(=O)C2CCCCC2)CC1.O=S1(=O)CCN(c2ccc(-c3cnc(N4CC(F)(F)C4)s3)cc2)CC1.[HH]. The summed E-state index contributed by atoms with van der Waals surface area (Å²) in [6.07, 6.45) is 8.98. The maximum absolute atomic E-state index is 13.0. The molecule has 6 rings (SSSR count). The lowest BCUT2D eigenvalue weighted by Crippen LogP contribution is -2.56. The molecule has 4 aliphatic rings. The van der Waals surface area contributed by atoms with Gasteiger partial charge in [0.2, 0.25) is 5.91 Å². The summed E-state index contributed by atoms with van der Waals surface area (Å²) in [7, 11) is -2.89. The molecule has 1 N–H and O–H groups in total. The van der Waals surface area contributed by atoms with Crippen molar-refractivity contribution < 1.29 is 23.4 Å². The number of carbonyl (C=O) groups excluding carboxylic acids is 1. The molecule has 2 aromatic rings. The number of nitrogens with one attached hydrogen (secondary N) is 1. The lowest BCUT2D eigenvalue weighted by Gasteiger charge is -2.38. The number of rotatable bonds is 5. The summed E-state index contributed by atoms with van der Waals surface area (Å²) in [5.41, 5.74) is 1.49. The molecule has 0 unspecified atom stereocenters. The summed E-state index contributed by atoms with van der Waals surface area (Å²) in [4.78, 5) is 20.6. The number of hydrogen-bond acceptors (Lipinski definition) is 8. The van der Waals surface area contributed by atoms with E-state index in [2.05, 4.69) is 21.3 Å². The normalized spacial score (nSPS) is 23.0. The highest BCUT2D eigenvalue weighted by molar-refractivity contribution is 7.91. The Morgan fingerprint density at radius 2 is 1.72 bits per heavy atom. The number of sulfone groups is 1. The van der Waals surface area contributed by atoms with Crippen molar-refractivity contribution in [2.75, 3.05) is 47.5 Å². The van der Waals surface area contributed by atoms with Gasteiger partial charge in [-0.05, 0) is 43.4 Å². The molecular weight excluding hydrogens is 544 g/mol. The molecule has 0 atom stereocenters. The fraction of sp³-hybridized carbons (Fsp3) is 0.593. The maximum atomic E-state index is 13.0. The van der Waals surface area contributed by atoms with Gasteiger partial charge in [-0.15, -0.1) is 0 Å². The molecule has 8 nitrogen and oxygen atoms in total. The first-order valence-electron chi connectivity index (χ1n) is 13.4. The zero-order valence-electron chi connectivity index (χ0n) is 21.7. The Hall–Kier alpha value is -2.78. The van der Waals surface area contributed by atoms with Crippen molar-refractivity contribution in [2.45, 2.75) is 56.4 Å². The summed E-state index contributed by atoms with van der Waals surface area (Å²) in [6.45, 7) is 0.485. The summed E-state index contributed by atoms with van der Waals surface area (Å²) in [5, 5.41) is 12.3. The smallest absolute Gasteiger partial charge is 0.282 e. The highest BCUT2D eigenvalue weighted by atomic mass is 32.2. The number of alkyl halides is 2. The number of thiazole rings is 1. The quantitative estimate of drug-likeness (QED) is 0.557. The van der Waals surface area contributed by atoms with Gasteiger partial charge in [-0.3, -0.25) is 4.79 Å². The molecule has 39 heavy (non-hydrogen) atoms. The first-order chi connectivity index (χ1) is 18.6. The van der Waals surface area contributed by atoms with Crippen LogP contribution >= 0.6 is 11.3 Å². The van der Waals surface area contributed by atoms with Crippen LogP contribution in [0.5, 0.6) is 0 Å². The number of hydrogen-bond donors (Lipinski definition) is 1. The first-order valence-corrected chi connectivity index (χ1v) is 16.1. The maximum Gasteiger partial charge on any atom is 0.282 e. The van der Waals surface area contributed by atoms with Crippen LogP contribution in [-0.2, 0) is 14.6 Å². The number of amides is 1. The number of nitriles is 1. The van der Waals surface area contributed by atoms with E-state index in [-0.39, 0.29) is 37.8 Å². The molecule has 0 radical (unpaired) electrons. The Bertz CT molecular complexity index is 1310. The van der Waals surface area contributed by atoms with Crippen molar-refractivity contribution in [1.82, 2.24) is 10.3 Å². The van der Waals surface area contributed by atoms with Crippen molar-refractivity contribution >= 4 is 37.9 Å². The summed E-state index contributed by atoms with van der Waals surface area (Å²) < 4.78 is 49.0. The molecule has 1 aromatic carbocycles. The lowest BCUT2D eigenvalue weighted by molar-refractivity contribution is -0.126. The van der Waals surface area contributed by atoms with Gasteiger partial charge in [0.25, 0.3) is 5.92 Å². The number of anilines is 2. The lowest BCUT2D eigenvalue weighted by atomic mass is 9.88. The van der Waals surface area contributed by atoms with Gasteiger partial charge in [0, 0.05) is 32.3 Å². The molecular formula is C27H35F2N5O3S2. The van der Waals surface area contributed by atoms with E-state index in [1.165, 1.54) is 17.8 Å². The highest BCUT2D eigenvalue weighted by Crippen LogP contribution is 2.38. The van der Waals surface area contributed by atoms with Crippen molar-refractivity contribution in [3.63, 3.8) is 0 Å². The summed E-state index contributed by atoms with van der Waals surface area (Å²) in [5.74, 6) is -1.94. The largest absolute Gasteiger partial charge is 0.369 e. The minimum atomic E-state index is -2.89. The van der Waals surface area contributed by atoms with Gasteiger partial charge in [0.05, 0.1) is 35.5 Å². The van der Waals surface area contributed by atoms with Crippen LogP contribution in [0.2, 0.25) is 0 Å². The Morgan fingerprint density at radius 1 is 1.08 bits per heavy atom. The van der Waals surface area contributed by atoms with E-state index in [9.17, 15) is 22.0 Å². The molecule has 2 aliphatic heterocycles. The van der Waals surface area contributed by atoms with E-state index in [4.69, 9.17) is 5.26 Å². The van der Waals surface area contributed by atoms with Crippen molar-refractivity contribution in [2.24, 2.45) is 5.92 Å². The van der Waals surface area contributed by atoms with Crippen molar-refractivity contribution in [3.05, 3.63) is 30.5 Å². The van der Waals surface area contributed by atoms with Crippen LogP contribution < -0.4 is 15.1 Å². The number of halogens is 2. The van der Waals surface area contributed by atoms with E-state index in [0.717, 1.165) is 54.7 Å². The van der Waals surface area contributed by atoms with Gasteiger partial charge < -0.3 is 15.1 Å². The second-order valence-electron chi connectivity index (χ2n) is 10.9. The molecule has 0 spiro atoms. The standard InChI is InChI=1S/C16H17F2N3O2S2.C11H16N2O.H2/c17-16(18)10-21(11-16)15-19-9-14(24-15)12-1-3-13(4-2-12)20-5-7-25(22,23)8-6-20;12-8-11(6-7-11)13-10(14)9-4-2-1-3-5-9;/h1-4,9H,5-8,10-11H2;9H,1-7H2,(H,13,14);1H. The third kappa shape index (κ3) is 6.87. The first kappa shape index (κ1) is 27.8. The zero-order valence-corrected chi connectivity index (χ0v) is 23.4. The predicted octanol–water partition coefficient (Wildman–Crippen LogP) is 4.49. The Morgan fingerprint density at radius 3 is 2.28 bits per heavy atom. The average molecular weight is 580 g/mol. The molecule has 212 valence electrons. The highest BCUT2D eigenvalue weighted by Gasteiger charge is 2.46. The zero-order chi connectivity index (χ0) is 27.7. The molecule has 1 amide bonds. The molecule has 1 aromatic heterocycles. The summed E-state index contributed by atoms with van der Waals surface area (Å²) in [6, 6.07) is 10.0. The molecule has 0 bridgehead atoms. The van der Waals surface area contributed by atoms with Crippen molar-refractivity contribution in [3.8, 4) is 16.5 Å². The molecule has 3 heterocycles. The van der Waals surface area contributed by atoms with Crippen LogP contribution in [0.3, 0.4) is 0 Å². The Balaban J connectivity index is 0.000000210. The number of carbonyl (C=O) groups is 1. The van der Waals surface area contributed by atoms with Crippen LogP contribution in [0.4, 0.5) is 19.6 Å². The van der Waals surface area contributed by atoms with Gasteiger partial charge in [0.15, 0.2) is 15.0 Å². The Kier molecular flexibility index (Phi) is 7.84. The Labute approximate surface area is 233 Å². The fourth-order valence-corrected chi connectivity index (χ4v) is 7.21. The van der Waals surface area contributed by atoms with E-state index < -0.39 is 21.3 Å². The van der Waals surface area contributed by atoms with Crippen LogP contribution in [0, 0.1) is 17.2 Å². The van der Waals surface area contributed by atoms with Crippen LogP contribution in [0.15, 0.2) is 30.5 Å². The molecule has 2 aliphatic carbocycles.